The summed E-state index contributed by atoms with van der Waals surface area (Å²) in [4.78, 5) is 29.5. The van der Waals surface area contributed by atoms with Gasteiger partial charge in [-0.05, 0) is 98.1 Å². The lowest BCUT2D eigenvalue weighted by molar-refractivity contribution is -0.384. The van der Waals surface area contributed by atoms with E-state index in [9.17, 15) is 14.9 Å². The second-order valence-corrected chi connectivity index (χ2v) is 12.6. The minimum Gasteiger partial charge on any atom is -0.366 e. The molecule has 0 unspecified atom stereocenters. The molecular formula is C35H42N4O3. The number of rotatable bonds is 9. The molecule has 1 heterocycles. The molecule has 3 aliphatic rings. The van der Waals surface area contributed by atoms with Crippen LogP contribution in [0.5, 0.6) is 0 Å². The van der Waals surface area contributed by atoms with Gasteiger partial charge in [0.2, 0.25) is 5.91 Å². The van der Waals surface area contributed by atoms with Gasteiger partial charge in [-0.25, -0.2) is 0 Å². The van der Waals surface area contributed by atoms with E-state index in [-0.39, 0.29) is 34.5 Å². The summed E-state index contributed by atoms with van der Waals surface area (Å²) >= 11 is 0. The van der Waals surface area contributed by atoms with Crippen LogP contribution in [-0.2, 0) is 17.8 Å². The molecule has 3 aromatic rings. The second-order valence-electron chi connectivity index (χ2n) is 12.6. The van der Waals surface area contributed by atoms with Gasteiger partial charge in [-0.3, -0.25) is 14.9 Å². The highest BCUT2D eigenvalue weighted by molar-refractivity contribution is 5.81. The van der Waals surface area contributed by atoms with Crippen LogP contribution in [0.15, 0.2) is 72.8 Å². The minimum absolute atomic E-state index is 0.156. The van der Waals surface area contributed by atoms with E-state index >= 15 is 0 Å². The number of carbonyl (C=O) groups is 1. The third kappa shape index (κ3) is 6.67. The Kier molecular flexibility index (Phi) is 8.56. The van der Waals surface area contributed by atoms with E-state index in [2.05, 4.69) is 46.2 Å². The molecule has 0 spiro atoms. The molecule has 42 heavy (non-hydrogen) atoms. The molecule has 7 nitrogen and oxygen atoms in total. The van der Waals surface area contributed by atoms with Crippen molar-refractivity contribution in [2.45, 2.75) is 76.4 Å². The van der Waals surface area contributed by atoms with Crippen molar-refractivity contribution in [2.24, 2.45) is 17.6 Å². The molecule has 0 radical (unpaired) electrons. The van der Waals surface area contributed by atoms with Crippen LogP contribution < -0.4 is 10.6 Å². The SMILES string of the molecule is NC1CCC(N(Cc2cccc(-c3ccc(N4CCC(Cc5ccccc5)CC4)c([N+](=O)[O-])c3)c2)C(=O)C2CC2)CC1. The number of nitro benzene ring substituents is 1. The van der Waals surface area contributed by atoms with Gasteiger partial charge in [-0.15, -0.1) is 0 Å². The Hall–Kier alpha value is -3.71. The van der Waals surface area contributed by atoms with E-state index in [1.165, 1.54) is 5.56 Å². The average Bonchev–Trinajstić information content (AvgIpc) is 3.87. The lowest BCUT2D eigenvalue weighted by atomic mass is 9.89. The molecule has 2 saturated carbocycles. The number of piperidine rings is 1. The van der Waals surface area contributed by atoms with Gasteiger partial charge in [0.05, 0.1) is 4.92 Å². The second kappa shape index (κ2) is 12.7. The molecule has 2 aliphatic carbocycles. The highest BCUT2D eigenvalue weighted by atomic mass is 16.6. The number of carbonyl (C=O) groups excluding carboxylic acids is 1. The van der Waals surface area contributed by atoms with Gasteiger partial charge < -0.3 is 15.5 Å². The predicted octanol–water partition coefficient (Wildman–Crippen LogP) is 6.73. The maximum atomic E-state index is 13.3. The number of nitrogens with two attached hydrogens (primary N) is 1. The van der Waals surface area contributed by atoms with Crippen molar-refractivity contribution in [3.63, 3.8) is 0 Å². The molecule has 220 valence electrons. The zero-order valence-electron chi connectivity index (χ0n) is 24.4. The first-order chi connectivity index (χ1) is 20.4. The van der Waals surface area contributed by atoms with Crippen LogP contribution in [0.1, 0.15) is 62.5 Å². The summed E-state index contributed by atoms with van der Waals surface area (Å²) in [5.41, 5.74) is 11.2. The van der Waals surface area contributed by atoms with Gasteiger partial charge in [0.25, 0.3) is 5.69 Å². The summed E-state index contributed by atoms with van der Waals surface area (Å²) in [7, 11) is 0. The molecule has 0 bridgehead atoms. The third-order valence-corrected chi connectivity index (χ3v) is 9.50. The Morgan fingerprint density at radius 2 is 1.52 bits per heavy atom. The first-order valence-corrected chi connectivity index (χ1v) is 15.7. The monoisotopic (exact) mass is 566 g/mol. The molecule has 0 atom stereocenters. The Balaban J connectivity index is 1.17. The Morgan fingerprint density at radius 1 is 0.833 bits per heavy atom. The molecule has 7 heteroatoms. The van der Waals surface area contributed by atoms with Crippen molar-refractivity contribution >= 4 is 17.3 Å². The summed E-state index contributed by atoms with van der Waals surface area (Å²) < 4.78 is 0. The van der Waals surface area contributed by atoms with Crippen molar-refractivity contribution in [1.82, 2.24) is 4.90 Å². The van der Waals surface area contributed by atoms with Gasteiger partial charge in [-0.2, -0.15) is 0 Å². The maximum absolute atomic E-state index is 13.3. The zero-order valence-corrected chi connectivity index (χ0v) is 24.4. The van der Waals surface area contributed by atoms with Crippen LogP contribution >= 0.6 is 0 Å². The number of nitro groups is 1. The van der Waals surface area contributed by atoms with Gasteiger partial charge in [0.1, 0.15) is 5.69 Å². The summed E-state index contributed by atoms with van der Waals surface area (Å²) in [5, 5.41) is 12.2. The van der Waals surface area contributed by atoms with Crippen LogP contribution in [-0.4, -0.2) is 40.9 Å². The van der Waals surface area contributed by atoms with Gasteiger partial charge >= 0.3 is 0 Å². The van der Waals surface area contributed by atoms with Crippen LogP contribution in [0.25, 0.3) is 11.1 Å². The standard InChI is InChI=1S/C35H42N4O3/c36-31-12-14-32(15-13-31)38(35(40)28-9-10-28)24-27-7-4-8-29(22-27)30-11-16-33(34(23-30)39(41)42)37-19-17-26(18-20-37)21-25-5-2-1-3-6-25/h1-8,11,16,22-23,26,28,31-32H,9-10,12-15,17-21,24,36H2. The van der Waals surface area contributed by atoms with Crippen molar-refractivity contribution in [2.75, 3.05) is 18.0 Å². The molecule has 1 aliphatic heterocycles. The van der Waals surface area contributed by atoms with E-state index in [1.54, 1.807) is 6.07 Å². The van der Waals surface area contributed by atoms with Gasteiger partial charge in [-0.1, -0.05) is 54.6 Å². The van der Waals surface area contributed by atoms with Crippen molar-refractivity contribution in [1.29, 1.82) is 0 Å². The number of amides is 1. The average molecular weight is 567 g/mol. The fourth-order valence-electron chi connectivity index (χ4n) is 6.85. The van der Waals surface area contributed by atoms with E-state index in [0.29, 0.717) is 18.2 Å². The Bertz CT molecular complexity index is 1390. The molecule has 1 amide bonds. The predicted molar refractivity (Wildman–Crippen MR) is 167 cm³/mol. The Labute approximate surface area is 248 Å². The highest BCUT2D eigenvalue weighted by Gasteiger charge is 2.37. The van der Waals surface area contributed by atoms with Crippen LogP contribution in [0, 0.1) is 22.0 Å². The van der Waals surface area contributed by atoms with Crippen LogP contribution in [0.3, 0.4) is 0 Å². The largest absolute Gasteiger partial charge is 0.366 e. The van der Waals surface area contributed by atoms with Crippen LogP contribution in [0.2, 0.25) is 0 Å². The number of benzene rings is 3. The van der Waals surface area contributed by atoms with Gasteiger partial charge in [0, 0.05) is 43.7 Å². The quantitative estimate of drug-likeness (QED) is 0.229. The van der Waals surface area contributed by atoms with Crippen molar-refractivity contribution < 1.29 is 9.72 Å². The summed E-state index contributed by atoms with van der Waals surface area (Å²) in [6, 6.07) is 24.9. The lowest BCUT2D eigenvalue weighted by Crippen LogP contribution is -2.44. The van der Waals surface area contributed by atoms with E-state index in [0.717, 1.165) is 87.6 Å². The van der Waals surface area contributed by atoms with E-state index in [4.69, 9.17) is 5.73 Å². The first-order valence-electron chi connectivity index (χ1n) is 15.7. The summed E-state index contributed by atoms with van der Waals surface area (Å²) in [6.45, 7) is 2.22. The highest BCUT2D eigenvalue weighted by Crippen LogP contribution is 2.37. The van der Waals surface area contributed by atoms with E-state index < -0.39 is 0 Å². The van der Waals surface area contributed by atoms with Crippen LogP contribution in [0.4, 0.5) is 11.4 Å². The van der Waals surface area contributed by atoms with E-state index in [1.807, 2.05) is 30.3 Å². The number of nitrogens with zero attached hydrogens (tertiary/aromatic N) is 3. The molecule has 6 rings (SSSR count). The van der Waals surface area contributed by atoms with Crippen molar-refractivity contribution in [3.8, 4) is 11.1 Å². The maximum Gasteiger partial charge on any atom is 0.293 e. The number of hydrogen-bond acceptors (Lipinski definition) is 5. The normalized spacial score (nSPS) is 21.2. The Morgan fingerprint density at radius 3 is 2.21 bits per heavy atom. The molecule has 0 aromatic heterocycles. The fraction of sp³-hybridized carbons (Fsp3) is 0.457. The zero-order chi connectivity index (χ0) is 29.1. The molecular weight excluding hydrogens is 524 g/mol. The molecule has 2 N–H and O–H groups in total. The summed E-state index contributed by atoms with van der Waals surface area (Å²) in [5.74, 6) is 1.04. The molecule has 3 fully saturated rings. The fourth-order valence-corrected chi connectivity index (χ4v) is 6.85. The number of anilines is 1. The smallest absolute Gasteiger partial charge is 0.293 e. The molecule has 1 saturated heterocycles. The first kappa shape index (κ1) is 28.4. The summed E-state index contributed by atoms with van der Waals surface area (Å²) in [6.07, 6.45) is 8.92. The minimum atomic E-state index is -0.247. The molecule has 3 aromatic carbocycles. The topological polar surface area (TPSA) is 92.7 Å². The third-order valence-electron chi connectivity index (χ3n) is 9.50. The van der Waals surface area contributed by atoms with Crippen molar-refractivity contribution in [3.05, 3.63) is 94.0 Å². The lowest BCUT2D eigenvalue weighted by Gasteiger charge is -2.36. The number of hydrogen-bond donors (Lipinski definition) is 1. The van der Waals surface area contributed by atoms with Gasteiger partial charge in [0.15, 0.2) is 0 Å².